The molecule has 0 unspecified atom stereocenters. The van der Waals surface area contributed by atoms with E-state index in [2.05, 4.69) is 21.1 Å². The number of aromatic nitrogens is 1. The van der Waals surface area contributed by atoms with Gasteiger partial charge in [-0.15, -0.1) is 0 Å². The number of anilines is 1. The van der Waals surface area contributed by atoms with E-state index in [1.54, 1.807) is 0 Å². The van der Waals surface area contributed by atoms with Crippen LogP contribution in [0.25, 0.3) is 11.3 Å². The maximum atomic E-state index is 13.4. The molecule has 0 aliphatic carbocycles. The quantitative estimate of drug-likeness (QED) is 0.837. The second-order valence-electron chi connectivity index (χ2n) is 2.90. The summed E-state index contributed by atoms with van der Waals surface area (Å²) < 4.78 is 18.6. The normalized spacial score (nSPS) is 10.5. The molecule has 0 fully saturated rings. The number of halogens is 2. The number of rotatable bonds is 1. The standard InChI is InChI=1S/C9H6BrFN2O2/c10-5-1-4(6(11)2-7(5)14)8-3-9(12)13-15-8/h1-3,14H,(H2,12,13). The Hall–Kier alpha value is -1.56. The summed E-state index contributed by atoms with van der Waals surface area (Å²) in [5.74, 6) is -0.394. The van der Waals surface area contributed by atoms with Crippen molar-refractivity contribution in [1.82, 2.24) is 5.16 Å². The Labute approximate surface area is 92.6 Å². The topological polar surface area (TPSA) is 72.3 Å². The number of hydrogen-bond donors (Lipinski definition) is 2. The van der Waals surface area contributed by atoms with Gasteiger partial charge in [-0.3, -0.25) is 0 Å². The van der Waals surface area contributed by atoms with Gasteiger partial charge in [0.25, 0.3) is 0 Å². The second kappa shape index (κ2) is 3.54. The van der Waals surface area contributed by atoms with Crippen molar-refractivity contribution in [3.8, 4) is 17.1 Å². The summed E-state index contributed by atoms with van der Waals surface area (Å²) in [6.45, 7) is 0. The van der Waals surface area contributed by atoms with E-state index in [0.29, 0.717) is 4.47 Å². The fraction of sp³-hybridized carbons (Fsp3) is 0. The van der Waals surface area contributed by atoms with E-state index in [4.69, 9.17) is 10.3 Å². The third-order valence-corrected chi connectivity index (χ3v) is 2.47. The maximum Gasteiger partial charge on any atom is 0.172 e. The van der Waals surface area contributed by atoms with Gasteiger partial charge in [0.05, 0.1) is 10.0 Å². The van der Waals surface area contributed by atoms with E-state index in [9.17, 15) is 9.50 Å². The summed E-state index contributed by atoms with van der Waals surface area (Å²) in [6, 6.07) is 3.78. The summed E-state index contributed by atoms with van der Waals surface area (Å²) in [7, 11) is 0. The van der Waals surface area contributed by atoms with Crippen molar-refractivity contribution in [2.24, 2.45) is 0 Å². The zero-order valence-electron chi connectivity index (χ0n) is 7.37. The van der Waals surface area contributed by atoms with Gasteiger partial charge in [-0.2, -0.15) is 0 Å². The van der Waals surface area contributed by atoms with Crippen LogP contribution in [0, 0.1) is 5.82 Å². The van der Waals surface area contributed by atoms with Crippen LogP contribution in [0.5, 0.6) is 5.75 Å². The molecule has 0 aliphatic rings. The minimum atomic E-state index is -0.605. The van der Waals surface area contributed by atoms with Gasteiger partial charge in [-0.25, -0.2) is 4.39 Å². The fourth-order valence-corrected chi connectivity index (χ4v) is 1.48. The summed E-state index contributed by atoms with van der Waals surface area (Å²) in [4.78, 5) is 0. The lowest BCUT2D eigenvalue weighted by Gasteiger charge is -2.01. The first-order valence-corrected chi connectivity index (χ1v) is 4.78. The molecule has 1 aromatic carbocycles. The van der Waals surface area contributed by atoms with Gasteiger partial charge < -0.3 is 15.4 Å². The van der Waals surface area contributed by atoms with Crippen LogP contribution in [-0.2, 0) is 0 Å². The molecule has 0 atom stereocenters. The van der Waals surface area contributed by atoms with Gasteiger partial charge in [-0.05, 0) is 22.0 Å². The molecule has 0 saturated heterocycles. The van der Waals surface area contributed by atoms with Crippen molar-refractivity contribution in [2.45, 2.75) is 0 Å². The van der Waals surface area contributed by atoms with E-state index >= 15 is 0 Å². The lowest BCUT2D eigenvalue weighted by molar-refractivity contribution is 0.432. The molecular formula is C9H6BrFN2O2. The third kappa shape index (κ3) is 1.80. The molecule has 2 rings (SSSR count). The van der Waals surface area contributed by atoms with Crippen LogP contribution in [-0.4, -0.2) is 10.3 Å². The number of aromatic hydroxyl groups is 1. The minimum Gasteiger partial charge on any atom is -0.507 e. The van der Waals surface area contributed by atoms with Crippen LogP contribution in [0.1, 0.15) is 0 Å². The summed E-state index contributed by atoms with van der Waals surface area (Å²) in [5, 5.41) is 12.7. The summed E-state index contributed by atoms with van der Waals surface area (Å²) in [6.07, 6.45) is 0. The van der Waals surface area contributed by atoms with Crippen molar-refractivity contribution in [2.75, 3.05) is 5.73 Å². The Morgan fingerprint density at radius 3 is 2.73 bits per heavy atom. The average molecular weight is 273 g/mol. The summed E-state index contributed by atoms with van der Waals surface area (Å²) >= 11 is 3.07. The highest BCUT2D eigenvalue weighted by molar-refractivity contribution is 9.10. The molecule has 0 aliphatic heterocycles. The second-order valence-corrected chi connectivity index (χ2v) is 3.75. The smallest absolute Gasteiger partial charge is 0.172 e. The van der Waals surface area contributed by atoms with Gasteiger partial charge in [0.15, 0.2) is 11.6 Å². The highest BCUT2D eigenvalue weighted by Crippen LogP contribution is 2.32. The van der Waals surface area contributed by atoms with Crippen LogP contribution in [0.3, 0.4) is 0 Å². The largest absolute Gasteiger partial charge is 0.507 e. The van der Waals surface area contributed by atoms with Crippen LogP contribution in [0.15, 0.2) is 27.2 Å². The monoisotopic (exact) mass is 272 g/mol. The molecule has 78 valence electrons. The van der Waals surface area contributed by atoms with E-state index in [1.807, 2.05) is 0 Å². The predicted molar refractivity (Wildman–Crippen MR) is 55.7 cm³/mol. The van der Waals surface area contributed by atoms with Crippen LogP contribution in [0.4, 0.5) is 10.2 Å². The van der Waals surface area contributed by atoms with Gasteiger partial charge in [0.1, 0.15) is 11.6 Å². The molecule has 1 aromatic heterocycles. The SMILES string of the molecule is Nc1cc(-c2cc(Br)c(O)cc2F)on1. The first-order valence-electron chi connectivity index (χ1n) is 3.98. The highest BCUT2D eigenvalue weighted by atomic mass is 79.9. The Bertz CT molecular complexity index is 513. The third-order valence-electron chi connectivity index (χ3n) is 1.83. The minimum absolute atomic E-state index is 0.175. The average Bonchev–Trinajstić information content (AvgIpc) is 2.58. The number of nitrogens with two attached hydrogens (primary N) is 1. The highest BCUT2D eigenvalue weighted by Gasteiger charge is 2.13. The Morgan fingerprint density at radius 1 is 1.40 bits per heavy atom. The summed E-state index contributed by atoms with van der Waals surface area (Å²) in [5.41, 5.74) is 5.53. The molecule has 3 N–H and O–H groups in total. The number of hydrogen-bond acceptors (Lipinski definition) is 4. The first-order chi connectivity index (χ1) is 7.08. The van der Waals surface area contributed by atoms with Crippen LogP contribution in [0.2, 0.25) is 0 Å². The van der Waals surface area contributed by atoms with Crippen molar-refractivity contribution in [1.29, 1.82) is 0 Å². The number of benzene rings is 1. The Kier molecular flexibility index (Phi) is 2.36. The molecule has 0 amide bonds. The maximum absolute atomic E-state index is 13.4. The molecule has 1 heterocycles. The van der Waals surface area contributed by atoms with Gasteiger partial charge in [0.2, 0.25) is 0 Å². The molecule has 6 heteroatoms. The van der Waals surface area contributed by atoms with Gasteiger partial charge in [-0.1, -0.05) is 5.16 Å². The lowest BCUT2D eigenvalue weighted by atomic mass is 10.1. The van der Waals surface area contributed by atoms with Crippen molar-refractivity contribution < 1.29 is 14.0 Å². The Morgan fingerprint density at radius 2 is 2.13 bits per heavy atom. The molecule has 0 radical (unpaired) electrons. The predicted octanol–water partition coefficient (Wildman–Crippen LogP) is 2.53. The molecule has 15 heavy (non-hydrogen) atoms. The lowest BCUT2D eigenvalue weighted by Crippen LogP contribution is -1.83. The molecule has 0 bridgehead atoms. The number of nitrogen functional groups attached to an aromatic ring is 1. The zero-order valence-corrected chi connectivity index (χ0v) is 8.95. The zero-order chi connectivity index (χ0) is 11.0. The molecule has 4 nitrogen and oxygen atoms in total. The van der Waals surface area contributed by atoms with E-state index in [-0.39, 0.29) is 22.9 Å². The molecule has 0 spiro atoms. The van der Waals surface area contributed by atoms with E-state index < -0.39 is 5.82 Å². The van der Waals surface area contributed by atoms with Crippen LogP contribution < -0.4 is 5.73 Å². The van der Waals surface area contributed by atoms with Crippen LogP contribution >= 0.6 is 15.9 Å². The van der Waals surface area contributed by atoms with E-state index in [1.165, 1.54) is 12.1 Å². The van der Waals surface area contributed by atoms with Crippen molar-refractivity contribution in [3.05, 3.63) is 28.5 Å². The van der Waals surface area contributed by atoms with E-state index in [0.717, 1.165) is 6.07 Å². The van der Waals surface area contributed by atoms with Crippen molar-refractivity contribution >= 4 is 21.7 Å². The molecular weight excluding hydrogens is 267 g/mol. The number of phenols is 1. The van der Waals surface area contributed by atoms with Gasteiger partial charge in [0, 0.05) is 12.1 Å². The van der Waals surface area contributed by atoms with Gasteiger partial charge >= 0.3 is 0 Å². The molecule has 2 aromatic rings. The fourth-order valence-electron chi connectivity index (χ4n) is 1.14. The first kappa shape index (κ1) is 9.97. The Balaban J connectivity index is 2.58. The molecule has 0 saturated carbocycles. The number of phenolic OH excluding ortho intramolecular Hbond substituents is 1. The number of nitrogens with zero attached hydrogens (tertiary/aromatic N) is 1. The van der Waals surface area contributed by atoms with Crippen molar-refractivity contribution in [3.63, 3.8) is 0 Å².